The fourth-order valence-electron chi connectivity index (χ4n) is 2.71. The van der Waals surface area contributed by atoms with E-state index >= 15 is 0 Å². The van der Waals surface area contributed by atoms with Crippen molar-refractivity contribution in [1.82, 2.24) is 0 Å². The van der Waals surface area contributed by atoms with Gasteiger partial charge in [-0.1, -0.05) is 12.2 Å². The lowest BCUT2D eigenvalue weighted by atomic mass is 9.74. The highest BCUT2D eigenvalue weighted by atomic mass is 14.5. The molecule has 2 aliphatic rings. The molecule has 0 aromatic heterocycles. The molecule has 3 unspecified atom stereocenters. The molecule has 1 fully saturated rings. The Bertz CT molecular complexity index is 318. The summed E-state index contributed by atoms with van der Waals surface area (Å²) in [6.07, 6.45) is 7.79. The van der Waals surface area contributed by atoms with Crippen molar-refractivity contribution in [3.8, 4) is 12.1 Å². The van der Waals surface area contributed by atoms with Gasteiger partial charge in [-0.25, -0.2) is 0 Å². The maximum absolute atomic E-state index is 9.17. The topological polar surface area (TPSA) is 47.6 Å². The average molecular weight is 172 g/mol. The van der Waals surface area contributed by atoms with Gasteiger partial charge in [-0.3, -0.25) is 0 Å². The summed E-state index contributed by atoms with van der Waals surface area (Å²) in [5, 5.41) is 17.7. The molecule has 0 aromatic carbocycles. The second-order valence-corrected chi connectivity index (χ2v) is 4.12. The summed E-state index contributed by atoms with van der Waals surface area (Å²) in [6.45, 7) is 0. The largest absolute Gasteiger partial charge is 0.198 e. The average Bonchev–Trinajstić information content (AvgIpc) is 2.74. The van der Waals surface area contributed by atoms with Gasteiger partial charge in [-0.15, -0.1) is 0 Å². The van der Waals surface area contributed by atoms with Crippen LogP contribution in [0.2, 0.25) is 0 Å². The van der Waals surface area contributed by atoms with Crippen LogP contribution in [-0.2, 0) is 0 Å². The van der Waals surface area contributed by atoms with Crippen LogP contribution < -0.4 is 0 Å². The van der Waals surface area contributed by atoms with E-state index in [1.165, 1.54) is 0 Å². The normalized spacial score (nSPS) is 40.2. The van der Waals surface area contributed by atoms with E-state index in [2.05, 4.69) is 24.3 Å². The minimum Gasteiger partial charge on any atom is -0.198 e. The Morgan fingerprint density at radius 2 is 2.23 bits per heavy atom. The lowest BCUT2D eigenvalue weighted by Gasteiger charge is -2.26. The van der Waals surface area contributed by atoms with Gasteiger partial charge in [0.15, 0.2) is 0 Å². The first-order chi connectivity index (χ1) is 6.30. The van der Waals surface area contributed by atoms with E-state index in [0.717, 1.165) is 19.3 Å². The maximum Gasteiger partial charge on any atom is 0.0696 e. The zero-order chi connectivity index (χ0) is 9.31. The molecule has 0 N–H and O–H groups in total. The standard InChI is InChI=1S/C11H12N2/c12-5-1-4-11(8-13)7-9-2-3-10(11)6-9/h2-3,9-10H,1,4,6-7H2. The maximum atomic E-state index is 9.17. The highest BCUT2D eigenvalue weighted by molar-refractivity contribution is 5.22. The Morgan fingerprint density at radius 1 is 1.38 bits per heavy atom. The zero-order valence-corrected chi connectivity index (χ0v) is 7.53. The summed E-state index contributed by atoms with van der Waals surface area (Å²) < 4.78 is 0. The van der Waals surface area contributed by atoms with Crippen LogP contribution >= 0.6 is 0 Å². The Balaban J connectivity index is 2.15. The fourth-order valence-corrected chi connectivity index (χ4v) is 2.71. The van der Waals surface area contributed by atoms with Crippen molar-refractivity contribution < 1.29 is 0 Å². The van der Waals surface area contributed by atoms with Crippen LogP contribution in [0.4, 0.5) is 0 Å². The van der Waals surface area contributed by atoms with Crippen molar-refractivity contribution in [2.75, 3.05) is 0 Å². The van der Waals surface area contributed by atoms with Crippen molar-refractivity contribution in [1.29, 1.82) is 10.5 Å². The van der Waals surface area contributed by atoms with Crippen LogP contribution in [0.3, 0.4) is 0 Å². The van der Waals surface area contributed by atoms with Crippen molar-refractivity contribution in [2.45, 2.75) is 25.7 Å². The molecular formula is C11H12N2. The number of nitrogens with zero attached hydrogens (tertiary/aromatic N) is 2. The van der Waals surface area contributed by atoms with Gasteiger partial charge in [0.05, 0.1) is 17.6 Å². The second kappa shape index (κ2) is 2.89. The first-order valence-electron chi connectivity index (χ1n) is 4.77. The molecule has 2 aliphatic carbocycles. The predicted molar refractivity (Wildman–Crippen MR) is 48.2 cm³/mol. The van der Waals surface area contributed by atoms with E-state index in [4.69, 9.17) is 5.26 Å². The molecule has 0 aromatic rings. The molecule has 3 atom stereocenters. The second-order valence-electron chi connectivity index (χ2n) is 4.12. The third kappa shape index (κ3) is 1.14. The molecule has 0 radical (unpaired) electrons. The molecule has 0 amide bonds. The van der Waals surface area contributed by atoms with Gasteiger partial charge < -0.3 is 0 Å². The van der Waals surface area contributed by atoms with Crippen LogP contribution in [0.5, 0.6) is 0 Å². The van der Waals surface area contributed by atoms with Gasteiger partial charge in [0.2, 0.25) is 0 Å². The first-order valence-corrected chi connectivity index (χ1v) is 4.77. The number of fused-ring (bicyclic) bond motifs is 2. The predicted octanol–water partition coefficient (Wildman–Crippen LogP) is 2.40. The highest BCUT2D eigenvalue weighted by Gasteiger charge is 2.48. The molecule has 0 saturated heterocycles. The first kappa shape index (κ1) is 8.32. The molecule has 0 heterocycles. The van der Waals surface area contributed by atoms with E-state index in [1.54, 1.807) is 0 Å². The quantitative estimate of drug-likeness (QED) is 0.600. The number of nitriles is 2. The molecule has 0 aliphatic heterocycles. The van der Waals surface area contributed by atoms with Gasteiger partial charge in [-0.2, -0.15) is 10.5 Å². The van der Waals surface area contributed by atoms with E-state index < -0.39 is 0 Å². The molecule has 1 saturated carbocycles. The van der Waals surface area contributed by atoms with Crippen molar-refractivity contribution >= 4 is 0 Å². The SMILES string of the molecule is N#CCCC1(C#N)CC2C=CC1C2. The van der Waals surface area contributed by atoms with Crippen LogP contribution in [0.1, 0.15) is 25.7 Å². The summed E-state index contributed by atoms with van der Waals surface area (Å²) in [7, 11) is 0. The molecule has 66 valence electrons. The van der Waals surface area contributed by atoms with E-state index in [9.17, 15) is 5.26 Å². The lowest BCUT2D eigenvalue weighted by Crippen LogP contribution is -2.23. The molecule has 13 heavy (non-hydrogen) atoms. The van der Waals surface area contributed by atoms with Crippen molar-refractivity contribution in [3.63, 3.8) is 0 Å². The smallest absolute Gasteiger partial charge is 0.0696 e. The van der Waals surface area contributed by atoms with Crippen molar-refractivity contribution in [3.05, 3.63) is 12.2 Å². The van der Waals surface area contributed by atoms with Crippen LogP contribution in [0.15, 0.2) is 12.2 Å². The van der Waals surface area contributed by atoms with E-state index in [-0.39, 0.29) is 5.41 Å². The Kier molecular flexibility index (Phi) is 1.85. The summed E-state index contributed by atoms with van der Waals surface area (Å²) in [5.74, 6) is 1.04. The molecule has 2 nitrogen and oxygen atoms in total. The number of allylic oxidation sites excluding steroid dienone is 2. The summed E-state index contributed by atoms with van der Waals surface area (Å²) in [5.41, 5.74) is -0.199. The van der Waals surface area contributed by atoms with Gasteiger partial charge in [0, 0.05) is 6.42 Å². The third-order valence-corrected chi connectivity index (χ3v) is 3.41. The highest BCUT2D eigenvalue weighted by Crippen LogP contribution is 2.53. The minimum atomic E-state index is -0.199. The summed E-state index contributed by atoms with van der Waals surface area (Å²) in [6, 6.07) is 4.58. The van der Waals surface area contributed by atoms with Crippen LogP contribution in [-0.4, -0.2) is 0 Å². The van der Waals surface area contributed by atoms with Gasteiger partial charge >= 0.3 is 0 Å². The van der Waals surface area contributed by atoms with Crippen LogP contribution in [0, 0.1) is 39.9 Å². The summed E-state index contributed by atoms with van der Waals surface area (Å²) >= 11 is 0. The Morgan fingerprint density at radius 3 is 2.69 bits per heavy atom. The monoisotopic (exact) mass is 172 g/mol. The van der Waals surface area contributed by atoms with Gasteiger partial charge in [0.1, 0.15) is 0 Å². The molecular weight excluding hydrogens is 160 g/mol. The molecule has 0 spiro atoms. The van der Waals surface area contributed by atoms with E-state index in [0.29, 0.717) is 18.3 Å². The summed E-state index contributed by atoms with van der Waals surface area (Å²) in [4.78, 5) is 0. The Labute approximate surface area is 78.5 Å². The molecule has 2 heteroatoms. The van der Waals surface area contributed by atoms with E-state index in [1.807, 2.05) is 0 Å². The molecule has 2 bridgehead atoms. The number of hydrogen-bond acceptors (Lipinski definition) is 2. The Hall–Kier alpha value is -1.28. The zero-order valence-electron chi connectivity index (χ0n) is 7.53. The number of hydrogen-bond donors (Lipinski definition) is 0. The fraction of sp³-hybridized carbons (Fsp3) is 0.636. The van der Waals surface area contributed by atoms with Crippen molar-refractivity contribution in [2.24, 2.45) is 17.3 Å². The van der Waals surface area contributed by atoms with Crippen LogP contribution in [0.25, 0.3) is 0 Å². The number of rotatable bonds is 2. The third-order valence-electron chi connectivity index (χ3n) is 3.41. The minimum absolute atomic E-state index is 0.199. The van der Waals surface area contributed by atoms with Gasteiger partial charge in [-0.05, 0) is 31.1 Å². The van der Waals surface area contributed by atoms with Gasteiger partial charge in [0.25, 0.3) is 0 Å². The molecule has 2 rings (SSSR count). The lowest BCUT2D eigenvalue weighted by molar-refractivity contribution is 0.305.